The molecule has 5 aromatic carbocycles. The fourth-order valence-electron chi connectivity index (χ4n) is 6.66. The van der Waals surface area contributed by atoms with Crippen molar-refractivity contribution < 1.29 is 20.8 Å². The van der Waals surface area contributed by atoms with Crippen LogP contribution in [-0.4, -0.2) is 17.6 Å². The Labute approximate surface area is 309 Å². The molecule has 5 heteroatoms. The SMILES string of the molecule is CCC(C)c1cccc2[cH-]c(C3CCC(C)CC3)cc12.CCc1cc2c(-c3ccc([Si](C)(C)C)cc3)cccc2[cH-]1.C[Si]C.[Cl][Zr+2][Cl]. The van der Waals surface area contributed by atoms with Crippen LogP contribution >= 0.6 is 17.0 Å². The zero-order valence-electron chi connectivity index (χ0n) is 30.3. The Morgan fingerprint density at radius 1 is 0.830 bits per heavy atom. The van der Waals surface area contributed by atoms with E-state index in [0.717, 1.165) is 27.8 Å². The van der Waals surface area contributed by atoms with Crippen LogP contribution in [0.15, 0.2) is 84.9 Å². The minimum atomic E-state index is -1.21. The van der Waals surface area contributed by atoms with Crippen molar-refractivity contribution in [2.75, 3.05) is 0 Å². The molecule has 1 aliphatic rings. The van der Waals surface area contributed by atoms with Crippen molar-refractivity contribution in [3.63, 3.8) is 0 Å². The fraction of sp³-hybridized carbons (Fsp3) is 0.429. The van der Waals surface area contributed by atoms with Crippen molar-refractivity contribution >= 4 is 61.4 Å². The molecule has 0 N–H and O–H groups in total. The fourth-order valence-corrected chi connectivity index (χ4v) is 7.83. The molecule has 0 spiro atoms. The molecule has 47 heavy (non-hydrogen) atoms. The summed E-state index contributed by atoms with van der Waals surface area (Å²) in [5, 5.41) is 7.23. The van der Waals surface area contributed by atoms with Gasteiger partial charge in [-0.3, -0.25) is 0 Å². The van der Waals surface area contributed by atoms with Crippen LogP contribution in [0.2, 0.25) is 32.7 Å². The normalized spacial score (nSPS) is 16.6. The molecular formula is C42H56Cl2Si2Zr. The number of halogens is 2. The van der Waals surface area contributed by atoms with E-state index in [1.54, 1.807) is 11.1 Å². The summed E-state index contributed by atoms with van der Waals surface area (Å²) in [4.78, 5) is 0. The molecule has 2 radical (unpaired) electrons. The molecule has 0 amide bonds. The van der Waals surface area contributed by atoms with E-state index in [2.05, 4.69) is 145 Å². The topological polar surface area (TPSA) is 0 Å². The number of benzene rings is 3. The van der Waals surface area contributed by atoms with Gasteiger partial charge in [0.15, 0.2) is 0 Å². The van der Waals surface area contributed by atoms with Gasteiger partial charge in [0.05, 0.1) is 8.07 Å². The van der Waals surface area contributed by atoms with E-state index in [1.165, 1.54) is 75.5 Å². The molecule has 0 nitrogen and oxygen atoms in total. The van der Waals surface area contributed by atoms with Gasteiger partial charge in [0, 0.05) is 9.52 Å². The van der Waals surface area contributed by atoms with Gasteiger partial charge in [-0.15, -0.1) is 69.1 Å². The van der Waals surface area contributed by atoms with Crippen LogP contribution in [0.5, 0.6) is 0 Å². The van der Waals surface area contributed by atoms with Crippen LogP contribution in [0.3, 0.4) is 0 Å². The maximum absolute atomic E-state index is 4.93. The predicted molar refractivity (Wildman–Crippen MR) is 215 cm³/mol. The molecular weight excluding hydrogens is 723 g/mol. The van der Waals surface area contributed by atoms with Gasteiger partial charge in [0.25, 0.3) is 0 Å². The molecule has 1 atom stereocenters. The second-order valence-corrected chi connectivity index (χ2v) is 24.1. The Morgan fingerprint density at radius 3 is 1.96 bits per heavy atom. The summed E-state index contributed by atoms with van der Waals surface area (Å²) in [5.41, 5.74) is 7.25. The maximum atomic E-state index is 4.93. The van der Waals surface area contributed by atoms with E-state index >= 15 is 0 Å². The number of hydrogen-bond acceptors (Lipinski definition) is 0. The zero-order valence-corrected chi connectivity index (χ0v) is 36.3. The minimum absolute atomic E-state index is 0.667. The molecule has 250 valence electrons. The van der Waals surface area contributed by atoms with Crippen LogP contribution in [0.4, 0.5) is 0 Å². The third kappa shape index (κ3) is 11.4. The first-order chi connectivity index (χ1) is 22.5. The molecule has 0 aromatic heterocycles. The summed E-state index contributed by atoms with van der Waals surface area (Å²) in [7, 11) is 9.74. The van der Waals surface area contributed by atoms with Gasteiger partial charge in [-0.05, 0) is 42.6 Å². The van der Waals surface area contributed by atoms with E-state index in [4.69, 9.17) is 17.0 Å². The number of hydrogen-bond donors (Lipinski definition) is 0. The molecule has 0 bridgehead atoms. The van der Waals surface area contributed by atoms with Gasteiger partial charge in [-0.2, -0.15) is 12.1 Å². The van der Waals surface area contributed by atoms with Gasteiger partial charge in [0.1, 0.15) is 0 Å². The first-order valence-electron chi connectivity index (χ1n) is 17.5. The van der Waals surface area contributed by atoms with Crippen molar-refractivity contribution in [3.8, 4) is 11.1 Å². The standard InChI is InChI=1S/C20H23Si.C20H27.C2H6Si.2ClH.Zr/c1-5-15-13-17-7-6-8-19(20(17)14-15)16-9-11-18(12-10-16)21(2,3)4;1-4-15(3)19-7-5-6-17-12-18(13-20(17)19)16-10-8-14(2)9-11-16;1-3-2;;;/h6-14H,5H2,1-4H3;5-7,12-16H,4,8-11H2,1-3H3;1-2H3;2*1H;/q2*-1;;;;+4/p-2. The number of aryl methyl sites for hydroxylation is 1. The Hall–Kier alpha value is -1.22. The van der Waals surface area contributed by atoms with Crippen molar-refractivity contribution in [2.24, 2.45) is 5.92 Å². The van der Waals surface area contributed by atoms with Crippen molar-refractivity contribution in [1.29, 1.82) is 0 Å². The number of fused-ring (bicyclic) bond motifs is 2. The Morgan fingerprint density at radius 2 is 1.40 bits per heavy atom. The molecule has 1 saturated carbocycles. The summed E-state index contributed by atoms with van der Waals surface area (Å²) in [5.74, 6) is 2.41. The van der Waals surface area contributed by atoms with Gasteiger partial charge in [-0.25, -0.2) is 0 Å². The molecule has 1 fully saturated rings. The summed E-state index contributed by atoms with van der Waals surface area (Å²) in [6, 6.07) is 32.3. The van der Waals surface area contributed by atoms with Gasteiger partial charge < -0.3 is 0 Å². The molecule has 6 rings (SSSR count). The Bertz CT molecular complexity index is 1620. The van der Waals surface area contributed by atoms with E-state index < -0.39 is 28.9 Å². The average Bonchev–Trinajstić information content (AvgIpc) is 3.70. The van der Waals surface area contributed by atoms with Crippen LogP contribution in [-0.2, 0) is 27.3 Å². The van der Waals surface area contributed by atoms with E-state index in [9.17, 15) is 0 Å². The second-order valence-electron chi connectivity index (χ2n) is 14.3. The molecule has 0 aliphatic heterocycles. The Balaban J connectivity index is 0.000000219. The monoisotopic (exact) mass is 776 g/mol. The molecule has 1 unspecified atom stereocenters. The molecule has 1 aliphatic carbocycles. The molecule has 0 saturated heterocycles. The zero-order chi connectivity index (χ0) is 34.6. The van der Waals surface area contributed by atoms with Crippen molar-refractivity contribution in [3.05, 3.63) is 102 Å². The van der Waals surface area contributed by atoms with E-state index in [1.807, 2.05) is 0 Å². The van der Waals surface area contributed by atoms with Crippen LogP contribution < -0.4 is 5.19 Å². The predicted octanol–water partition coefficient (Wildman–Crippen LogP) is 13.9. The van der Waals surface area contributed by atoms with Crippen LogP contribution in [0.25, 0.3) is 32.7 Å². The summed E-state index contributed by atoms with van der Waals surface area (Å²) < 4.78 is 0. The molecule has 5 aromatic rings. The first-order valence-corrected chi connectivity index (χ1v) is 29.4. The van der Waals surface area contributed by atoms with Crippen molar-refractivity contribution in [1.82, 2.24) is 0 Å². The van der Waals surface area contributed by atoms with E-state index in [-0.39, 0.29) is 0 Å². The third-order valence-electron chi connectivity index (χ3n) is 9.72. The quantitative estimate of drug-likeness (QED) is 0.119. The summed E-state index contributed by atoms with van der Waals surface area (Å²) in [6.07, 6.45) is 7.91. The number of rotatable bonds is 6. The second kappa shape index (κ2) is 19.8. The Kier molecular flexibility index (Phi) is 17.0. The van der Waals surface area contributed by atoms with Gasteiger partial charge in [-0.1, -0.05) is 132 Å². The summed E-state index contributed by atoms with van der Waals surface area (Å²) >= 11 is -0.826. The summed E-state index contributed by atoms with van der Waals surface area (Å²) in [6.45, 7) is 20.8. The first kappa shape index (κ1) is 40.2. The van der Waals surface area contributed by atoms with Crippen LogP contribution in [0.1, 0.15) is 88.3 Å². The average molecular weight is 779 g/mol. The van der Waals surface area contributed by atoms with E-state index in [0.29, 0.717) is 5.92 Å². The molecule has 0 heterocycles. The van der Waals surface area contributed by atoms with Gasteiger partial charge in [0.2, 0.25) is 0 Å². The van der Waals surface area contributed by atoms with Gasteiger partial charge >= 0.3 is 37.9 Å². The third-order valence-corrected chi connectivity index (χ3v) is 11.8. The van der Waals surface area contributed by atoms with Crippen molar-refractivity contribution in [2.45, 2.75) is 111 Å². The van der Waals surface area contributed by atoms with Crippen LogP contribution in [0, 0.1) is 5.92 Å².